The van der Waals surface area contributed by atoms with Gasteiger partial charge in [-0.2, -0.15) is 0 Å². The number of aryl methyl sites for hydroxylation is 1. The van der Waals surface area contributed by atoms with Gasteiger partial charge in [0.25, 0.3) is 10.0 Å². The van der Waals surface area contributed by atoms with Gasteiger partial charge in [0.2, 0.25) is 0 Å². The summed E-state index contributed by atoms with van der Waals surface area (Å²) in [6.07, 6.45) is 1.23. The van der Waals surface area contributed by atoms with Crippen molar-refractivity contribution in [1.29, 1.82) is 0 Å². The Kier molecular flexibility index (Phi) is 4.02. The summed E-state index contributed by atoms with van der Waals surface area (Å²) in [5.74, 6) is -0.750. The first-order valence-corrected chi connectivity index (χ1v) is 8.05. The number of aromatic nitrogens is 1. The van der Waals surface area contributed by atoms with Crippen LogP contribution in [0.3, 0.4) is 0 Å². The smallest absolute Gasteiger partial charge is 0.273 e. The number of nitrogens with one attached hydrogen (secondary N) is 1. The summed E-state index contributed by atoms with van der Waals surface area (Å²) in [5, 5.41) is 0.606. The highest BCUT2D eigenvalue weighted by Crippen LogP contribution is 2.23. The predicted octanol–water partition coefficient (Wildman–Crippen LogP) is 2.03. The van der Waals surface area contributed by atoms with Crippen molar-refractivity contribution in [3.05, 3.63) is 40.8 Å². The Morgan fingerprint density at radius 2 is 2.20 bits per heavy atom. The first kappa shape index (κ1) is 14.8. The first-order valence-electron chi connectivity index (χ1n) is 5.34. The van der Waals surface area contributed by atoms with Crippen LogP contribution in [0.15, 0.2) is 28.6 Å². The fourth-order valence-electron chi connectivity index (χ4n) is 1.41. The van der Waals surface area contributed by atoms with E-state index in [2.05, 4.69) is 9.71 Å². The quantitative estimate of drug-likeness (QED) is 0.837. The van der Waals surface area contributed by atoms with Crippen LogP contribution >= 0.6 is 23.6 Å². The molecule has 0 bridgehead atoms. The molecular formula is C11H10FN3O2S3. The van der Waals surface area contributed by atoms with E-state index in [9.17, 15) is 12.8 Å². The second kappa shape index (κ2) is 5.43. The molecule has 20 heavy (non-hydrogen) atoms. The second-order valence-electron chi connectivity index (χ2n) is 3.86. The van der Waals surface area contributed by atoms with E-state index in [-0.39, 0.29) is 14.9 Å². The Morgan fingerprint density at radius 3 is 2.70 bits per heavy atom. The molecule has 5 nitrogen and oxygen atoms in total. The van der Waals surface area contributed by atoms with Crippen LogP contribution in [0.1, 0.15) is 10.6 Å². The van der Waals surface area contributed by atoms with Crippen LogP contribution in [0, 0.1) is 12.7 Å². The molecule has 0 aliphatic carbocycles. The molecule has 1 heterocycles. The molecule has 3 N–H and O–H groups in total. The third kappa shape index (κ3) is 3.11. The van der Waals surface area contributed by atoms with E-state index in [0.29, 0.717) is 10.6 Å². The molecule has 2 rings (SSSR count). The molecule has 9 heteroatoms. The Morgan fingerprint density at radius 1 is 1.50 bits per heavy atom. The van der Waals surface area contributed by atoms with Gasteiger partial charge in [-0.25, -0.2) is 17.8 Å². The molecule has 1 aromatic heterocycles. The number of thiocarbonyl (C=S) groups is 1. The molecule has 0 aliphatic heterocycles. The number of hydrogen-bond donors (Lipinski definition) is 2. The van der Waals surface area contributed by atoms with Gasteiger partial charge < -0.3 is 5.73 Å². The van der Waals surface area contributed by atoms with Crippen molar-refractivity contribution in [2.75, 3.05) is 4.72 Å². The highest BCUT2D eigenvalue weighted by molar-refractivity contribution is 7.94. The molecule has 2 aromatic rings. The SMILES string of the molecule is Cc1ncc(S(=O)(=O)Nc2ccc(C(N)=S)cc2F)s1. The van der Waals surface area contributed by atoms with Crippen LogP contribution in [-0.2, 0) is 10.0 Å². The van der Waals surface area contributed by atoms with Crippen LogP contribution in [0.2, 0.25) is 0 Å². The molecule has 1 aromatic carbocycles. The van der Waals surface area contributed by atoms with Gasteiger partial charge in [-0.1, -0.05) is 12.2 Å². The van der Waals surface area contributed by atoms with Crippen molar-refractivity contribution in [2.45, 2.75) is 11.1 Å². The van der Waals surface area contributed by atoms with Crippen LogP contribution in [-0.4, -0.2) is 18.4 Å². The minimum absolute atomic E-state index is 0.0211. The van der Waals surface area contributed by atoms with Gasteiger partial charge in [0.05, 0.1) is 16.9 Å². The summed E-state index contributed by atoms with van der Waals surface area (Å²) in [7, 11) is -3.85. The van der Waals surface area contributed by atoms with Crippen LogP contribution in [0.4, 0.5) is 10.1 Å². The van der Waals surface area contributed by atoms with Gasteiger partial charge in [-0.15, -0.1) is 11.3 Å². The standard InChI is InChI=1S/C11H10FN3O2S3/c1-6-14-5-10(19-6)20(16,17)15-9-3-2-7(11(13)18)4-8(9)12/h2-5,15H,1H3,(H2,13,18). The zero-order chi connectivity index (χ0) is 14.9. The van der Waals surface area contributed by atoms with Gasteiger partial charge in [0.15, 0.2) is 4.21 Å². The topological polar surface area (TPSA) is 85.1 Å². The lowest BCUT2D eigenvalue weighted by atomic mass is 10.2. The molecule has 0 aliphatic rings. The van der Waals surface area contributed by atoms with Gasteiger partial charge in [0, 0.05) is 5.56 Å². The lowest BCUT2D eigenvalue weighted by Crippen LogP contribution is -2.14. The Balaban J connectivity index is 2.32. The zero-order valence-corrected chi connectivity index (χ0v) is 12.7. The number of nitrogens with zero attached hydrogens (tertiary/aromatic N) is 1. The zero-order valence-electron chi connectivity index (χ0n) is 10.3. The molecule has 106 valence electrons. The number of nitrogens with two attached hydrogens (primary N) is 1. The molecule has 0 atom stereocenters. The third-order valence-electron chi connectivity index (χ3n) is 2.36. The number of thiazole rings is 1. The van der Waals surface area contributed by atoms with E-state index < -0.39 is 15.8 Å². The van der Waals surface area contributed by atoms with Crippen molar-refractivity contribution >= 4 is 44.3 Å². The van der Waals surface area contributed by atoms with Gasteiger partial charge in [0.1, 0.15) is 10.8 Å². The number of anilines is 1. The summed E-state index contributed by atoms with van der Waals surface area (Å²) in [6, 6.07) is 3.80. The Bertz CT molecular complexity index is 771. The summed E-state index contributed by atoms with van der Waals surface area (Å²) in [6.45, 7) is 1.68. The summed E-state index contributed by atoms with van der Waals surface area (Å²) >= 11 is 5.72. The van der Waals surface area contributed by atoms with E-state index in [1.807, 2.05) is 0 Å². The average molecular weight is 331 g/mol. The second-order valence-corrected chi connectivity index (χ2v) is 7.45. The van der Waals surface area contributed by atoms with Crippen molar-refractivity contribution in [3.63, 3.8) is 0 Å². The third-order valence-corrected chi connectivity index (χ3v) is 5.34. The van der Waals surface area contributed by atoms with Crippen molar-refractivity contribution < 1.29 is 12.8 Å². The highest BCUT2D eigenvalue weighted by Gasteiger charge is 2.19. The molecule has 0 saturated heterocycles. The first-order chi connectivity index (χ1) is 9.29. The number of halogens is 1. The largest absolute Gasteiger partial charge is 0.389 e. The number of sulfonamides is 1. The fourth-order valence-corrected chi connectivity index (χ4v) is 3.71. The average Bonchev–Trinajstić information content (AvgIpc) is 2.79. The molecule has 0 radical (unpaired) electrons. The number of benzene rings is 1. The summed E-state index contributed by atoms with van der Waals surface area (Å²) in [5.41, 5.74) is 5.53. The normalized spacial score (nSPS) is 11.3. The molecule has 0 unspecified atom stereocenters. The van der Waals surface area contributed by atoms with E-state index in [1.165, 1.54) is 18.3 Å². The lowest BCUT2D eigenvalue weighted by Gasteiger charge is -2.08. The van der Waals surface area contributed by atoms with E-state index in [1.54, 1.807) is 6.92 Å². The molecule has 0 fully saturated rings. The predicted molar refractivity (Wildman–Crippen MR) is 79.9 cm³/mol. The highest BCUT2D eigenvalue weighted by atomic mass is 32.2. The van der Waals surface area contributed by atoms with Gasteiger partial charge in [-0.3, -0.25) is 4.72 Å². The molecule has 0 amide bonds. The fraction of sp³-hybridized carbons (Fsp3) is 0.0909. The monoisotopic (exact) mass is 331 g/mol. The Labute approximate surface area is 124 Å². The Hall–Kier alpha value is -1.58. The lowest BCUT2D eigenvalue weighted by molar-refractivity contribution is 0.600. The maximum absolute atomic E-state index is 13.8. The van der Waals surface area contributed by atoms with E-state index in [0.717, 1.165) is 17.4 Å². The van der Waals surface area contributed by atoms with E-state index in [4.69, 9.17) is 18.0 Å². The van der Waals surface area contributed by atoms with Crippen LogP contribution < -0.4 is 10.5 Å². The van der Waals surface area contributed by atoms with Gasteiger partial charge in [-0.05, 0) is 25.1 Å². The molecular weight excluding hydrogens is 321 g/mol. The van der Waals surface area contributed by atoms with Crippen molar-refractivity contribution in [1.82, 2.24) is 4.98 Å². The van der Waals surface area contributed by atoms with Crippen LogP contribution in [0.5, 0.6) is 0 Å². The summed E-state index contributed by atoms with van der Waals surface area (Å²) < 4.78 is 40.1. The maximum Gasteiger partial charge on any atom is 0.273 e. The summed E-state index contributed by atoms with van der Waals surface area (Å²) in [4.78, 5) is 3.89. The number of hydrogen-bond acceptors (Lipinski definition) is 5. The van der Waals surface area contributed by atoms with Gasteiger partial charge >= 0.3 is 0 Å². The van der Waals surface area contributed by atoms with Crippen molar-refractivity contribution in [3.8, 4) is 0 Å². The maximum atomic E-state index is 13.8. The number of rotatable bonds is 4. The minimum Gasteiger partial charge on any atom is -0.389 e. The molecule has 0 saturated carbocycles. The van der Waals surface area contributed by atoms with Crippen molar-refractivity contribution in [2.24, 2.45) is 5.73 Å². The minimum atomic E-state index is -3.85. The van der Waals surface area contributed by atoms with Crippen LogP contribution in [0.25, 0.3) is 0 Å². The van der Waals surface area contributed by atoms with E-state index >= 15 is 0 Å². The molecule has 0 spiro atoms.